The van der Waals surface area contributed by atoms with Crippen LogP contribution in [0.25, 0.3) is 21.5 Å². The van der Waals surface area contributed by atoms with E-state index in [1.807, 2.05) is 37.3 Å². The molecule has 0 bridgehead atoms. The molecule has 29 heavy (non-hydrogen) atoms. The van der Waals surface area contributed by atoms with Gasteiger partial charge in [-0.1, -0.05) is 42.0 Å². The van der Waals surface area contributed by atoms with Crippen LogP contribution in [0.1, 0.15) is 12.5 Å². The number of sulfonamides is 1. The van der Waals surface area contributed by atoms with Gasteiger partial charge in [-0.3, -0.25) is 9.52 Å². The van der Waals surface area contributed by atoms with Crippen molar-refractivity contribution in [3.05, 3.63) is 78.4 Å². The number of aryl methyl sites for hydroxylation is 1. The highest BCUT2D eigenvalue weighted by Gasteiger charge is 2.15. The van der Waals surface area contributed by atoms with Crippen LogP contribution in [0.2, 0.25) is 0 Å². The first kappa shape index (κ1) is 19.0. The smallest absolute Gasteiger partial charge is 0.261 e. The average Bonchev–Trinajstić information content (AvgIpc) is 2.67. The SMILES string of the molecule is CC(=O)Nc1ccc2cc(S(=O)(=O)Nc3ccc4cc(C)ccc4c3)ccc2c1. The molecule has 4 rings (SSSR count). The van der Waals surface area contributed by atoms with Crippen molar-refractivity contribution >= 4 is 48.9 Å². The quantitative estimate of drug-likeness (QED) is 0.499. The second-order valence-electron chi connectivity index (χ2n) is 7.08. The van der Waals surface area contributed by atoms with E-state index in [1.165, 1.54) is 6.92 Å². The largest absolute Gasteiger partial charge is 0.326 e. The molecule has 2 N–H and O–H groups in total. The Morgan fingerprint density at radius 2 is 1.28 bits per heavy atom. The predicted octanol–water partition coefficient (Wildman–Crippen LogP) is 5.06. The molecule has 0 unspecified atom stereocenters. The standard InChI is InChI=1S/C23H20N2O3S/c1-15-3-4-18-13-22(9-6-17(18)11-15)25-29(27,28)23-10-7-19-12-21(24-16(2)26)8-5-20(19)14-23/h3-14,25H,1-2H3,(H,24,26). The number of nitrogens with one attached hydrogen (secondary N) is 2. The summed E-state index contributed by atoms with van der Waals surface area (Å²) in [6, 6.07) is 21.8. The van der Waals surface area contributed by atoms with E-state index in [0.29, 0.717) is 11.4 Å². The fourth-order valence-corrected chi connectivity index (χ4v) is 4.40. The van der Waals surface area contributed by atoms with E-state index in [0.717, 1.165) is 27.1 Å². The Bertz CT molecular complexity index is 1360. The van der Waals surface area contributed by atoms with Crippen LogP contribution in [0.15, 0.2) is 77.7 Å². The highest BCUT2D eigenvalue weighted by molar-refractivity contribution is 7.92. The highest BCUT2D eigenvalue weighted by Crippen LogP contribution is 2.26. The van der Waals surface area contributed by atoms with Gasteiger partial charge in [-0.15, -0.1) is 0 Å². The fourth-order valence-electron chi connectivity index (χ4n) is 3.31. The number of benzene rings is 4. The molecule has 5 nitrogen and oxygen atoms in total. The monoisotopic (exact) mass is 404 g/mol. The summed E-state index contributed by atoms with van der Waals surface area (Å²) >= 11 is 0. The van der Waals surface area contributed by atoms with E-state index in [2.05, 4.69) is 16.1 Å². The van der Waals surface area contributed by atoms with Crippen molar-refractivity contribution in [3.8, 4) is 0 Å². The molecule has 0 aromatic heterocycles. The third kappa shape index (κ3) is 4.07. The molecule has 0 spiro atoms. The van der Waals surface area contributed by atoms with Gasteiger partial charge in [0.05, 0.1) is 4.90 Å². The topological polar surface area (TPSA) is 75.3 Å². The molecular formula is C23H20N2O3S. The van der Waals surface area contributed by atoms with Gasteiger partial charge in [-0.05, 0) is 64.9 Å². The van der Waals surface area contributed by atoms with Gasteiger partial charge in [-0.25, -0.2) is 8.42 Å². The summed E-state index contributed by atoms with van der Waals surface area (Å²) in [7, 11) is -3.73. The minimum Gasteiger partial charge on any atom is -0.326 e. The molecule has 1 amide bonds. The van der Waals surface area contributed by atoms with Crippen LogP contribution < -0.4 is 10.0 Å². The zero-order valence-corrected chi connectivity index (χ0v) is 16.9. The number of hydrogen-bond acceptors (Lipinski definition) is 3. The van der Waals surface area contributed by atoms with Crippen molar-refractivity contribution in [2.24, 2.45) is 0 Å². The van der Waals surface area contributed by atoms with Crippen molar-refractivity contribution < 1.29 is 13.2 Å². The lowest BCUT2D eigenvalue weighted by molar-refractivity contribution is -0.114. The van der Waals surface area contributed by atoms with Gasteiger partial charge in [0.15, 0.2) is 0 Å². The van der Waals surface area contributed by atoms with Gasteiger partial charge in [-0.2, -0.15) is 0 Å². The second kappa shape index (κ2) is 7.22. The van der Waals surface area contributed by atoms with Gasteiger partial charge in [0.2, 0.25) is 5.91 Å². The second-order valence-corrected chi connectivity index (χ2v) is 8.76. The summed E-state index contributed by atoms with van der Waals surface area (Å²) in [5.74, 6) is -0.154. The Labute approximate surface area is 169 Å². The first-order valence-electron chi connectivity index (χ1n) is 9.15. The number of fused-ring (bicyclic) bond motifs is 2. The van der Waals surface area contributed by atoms with Crippen LogP contribution in [0.4, 0.5) is 11.4 Å². The molecular weight excluding hydrogens is 384 g/mol. The maximum Gasteiger partial charge on any atom is 0.261 e. The van der Waals surface area contributed by atoms with E-state index < -0.39 is 10.0 Å². The molecule has 0 fully saturated rings. The first-order chi connectivity index (χ1) is 13.8. The molecule has 0 atom stereocenters. The Morgan fingerprint density at radius 3 is 2.00 bits per heavy atom. The summed E-state index contributed by atoms with van der Waals surface area (Å²) in [4.78, 5) is 11.4. The van der Waals surface area contributed by atoms with Crippen molar-refractivity contribution in [3.63, 3.8) is 0 Å². The van der Waals surface area contributed by atoms with Crippen LogP contribution in [0.3, 0.4) is 0 Å². The normalized spacial score (nSPS) is 11.5. The van der Waals surface area contributed by atoms with Crippen LogP contribution in [-0.4, -0.2) is 14.3 Å². The van der Waals surface area contributed by atoms with Crippen LogP contribution in [-0.2, 0) is 14.8 Å². The van der Waals surface area contributed by atoms with Gasteiger partial charge >= 0.3 is 0 Å². The molecule has 0 saturated heterocycles. The molecule has 146 valence electrons. The average molecular weight is 404 g/mol. The summed E-state index contributed by atoms with van der Waals surface area (Å²) in [5.41, 5.74) is 2.34. The number of carbonyl (C=O) groups excluding carboxylic acids is 1. The molecule has 0 radical (unpaired) electrons. The number of carbonyl (C=O) groups is 1. The van der Waals surface area contributed by atoms with E-state index in [9.17, 15) is 13.2 Å². The van der Waals surface area contributed by atoms with Crippen molar-refractivity contribution in [2.75, 3.05) is 10.0 Å². The summed E-state index contributed by atoms with van der Waals surface area (Å²) < 4.78 is 28.4. The Morgan fingerprint density at radius 1 is 0.724 bits per heavy atom. The maximum atomic E-state index is 12.9. The minimum absolute atomic E-state index is 0.154. The number of hydrogen-bond donors (Lipinski definition) is 2. The predicted molar refractivity (Wildman–Crippen MR) is 118 cm³/mol. The van der Waals surface area contributed by atoms with E-state index in [4.69, 9.17) is 0 Å². The van der Waals surface area contributed by atoms with Crippen molar-refractivity contribution in [1.29, 1.82) is 0 Å². The van der Waals surface area contributed by atoms with E-state index in [1.54, 1.807) is 36.4 Å². The third-order valence-electron chi connectivity index (χ3n) is 4.69. The Hall–Kier alpha value is -3.38. The molecule has 0 aliphatic carbocycles. The Balaban J connectivity index is 1.65. The maximum absolute atomic E-state index is 12.9. The van der Waals surface area contributed by atoms with Gasteiger partial charge in [0.25, 0.3) is 10.0 Å². The summed E-state index contributed by atoms with van der Waals surface area (Å²) in [6.45, 7) is 3.47. The summed E-state index contributed by atoms with van der Waals surface area (Å²) in [5, 5.41) is 6.38. The molecule has 0 aliphatic rings. The Kier molecular flexibility index (Phi) is 4.72. The molecule has 0 heterocycles. The zero-order chi connectivity index (χ0) is 20.6. The molecule has 4 aromatic rings. The summed E-state index contributed by atoms with van der Waals surface area (Å²) in [6.07, 6.45) is 0. The van der Waals surface area contributed by atoms with Gasteiger partial charge < -0.3 is 5.32 Å². The highest BCUT2D eigenvalue weighted by atomic mass is 32.2. The molecule has 0 aliphatic heterocycles. The van der Waals surface area contributed by atoms with Crippen LogP contribution in [0, 0.1) is 6.92 Å². The van der Waals surface area contributed by atoms with Crippen molar-refractivity contribution in [2.45, 2.75) is 18.7 Å². The van der Waals surface area contributed by atoms with E-state index in [-0.39, 0.29) is 10.8 Å². The lowest BCUT2D eigenvalue weighted by Crippen LogP contribution is -2.12. The van der Waals surface area contributed by atoms with Crippen LogP contribution in [0.5, 0.6) is 0 Å². The lowest BCUT2D eigenvalue weighted by Gasteiger charge is -2.11. The molecule has 0 saturated carbocycles. The van der Waals surface area contributed by atoms with Gasteiger partial charge in [0, 0.05) is 18.3 Å². The van der Waals surface area contributed by atoms with Gasteiger partial charge in [0.1, 0.15) is 0 Å². The fraction of sp³-hybridized carbons (Fsp3) is 0.0870. The number of rotatable bonds is 4. The number of anilines is 2. The third-order valence-corrected chi connectivity index (χ3v) is 6.07. The lowest BCUT2D eigenvalue weighted by atomic mass is 10.1. The van der Waals surface area contributed by atoms with E-state index >= 15 is 0 Å². The molecule has 6 heteroatoms. The first-order valence-corrected chi connectivity index (χ1v) is 10.6. The minimum atomic E-state index is -3.73. The zero-order valence-electron chi connectivity index (χ0n) is 16.1. The molecule has 4 aromatic carbocycles. The number of amides is 1. The van der Waals surface area contributed by atoms with Crippen LogP contribution >= 0.6 is 0 Å². The van der Waals surface area contributed by atoms with Crippen molar-refractivity contribution in [1.82, 2.24) is 0 Å².